The summed E-state index contributed by atoms with van der Waals surface area (Å²) in [6, 6.07) is 0. The first kappa shape index (κ1) is 10.9. The highest BCUT2D eigenvalue weighted by Crippen LogP contribution is 2.09. The smallest absolute Gasteiger partial charge is 0.223 e. The summed E-state index contributed by atoms with van der Waals surface area (Å²) in [5.74, 6) is -1.13. The first-order chi connectivity index (χ1) is 6.52. The van der Waals surface area contributed by atoms with Crippen LogP contribution in [-0.4, -0.2) is 35.5 Å². The Kier molecular flexibility index (Phi) is 3.38. The molecule has 0 unspecified atom stereocenters. The largest absolute Gasteiger partial charge is 0.335 e. The van der Waals surface area contributed by atoms with Crippen LogP contribution in [0, 0.1) is 5.92 Å². The quantitative estimate of drug-likeness (QED) is 0.613. The lowest BCUT2D eigenvalue weighted by Crippen LogP contribution is -2.35. The highest BCUT2D eigenvalue weighted by Gasteiger charge is 2.26. The van der Waals surface area contributed by atoms with E-state index < -0.39 is 5.78 Å². The normalized spacial score (nSPS) is 16.5. The number of hydrogen-bond acceptors (Lipinski definition) is 3. The molecule has 0 aromatic carbocycles. The third-order valence-corrected chi connectivity index (χ3v) is 2.31. The topological polar surface area (TPSA) is 54.5 Å². The molecule has 0 saturated carbocycles. The van der Waals surface area contributed by atoms with E-state index >= 15 is 0 Å². The van der Waals surface area contributed by atoms with Crippen LogP contribution in [0.25, 0.3) is 0 Å². The molecular formula is C10H15NO3. The number of likely N-dealkylation sites (tertiary alicyclic amines) is 1. The lowest BCUT2D eigenvalue weighted by molar-refractivity contribution is -0.141. The van der Waals surface area contributed by atoms with Gasteiger partial charge in [-0.05, 0) is 6.42 Å². The number of nitrogens with zero attached hydrogens (tertiary/aromatic N) is 1. The third kappa shape index (κ3) is 2.40. The molecule has 1 saturated heterocycles. The zero-order valence-corrected chi connectivity index (χ0v) is 8.58. The molecule has 1 heterocycles. The Bertz CT molecular complexity index is 271. The Morgan fingerprint density at radius 1 is 1.43 bits per heavy atom. The van der Waals surface area contributed by atoms with Crippen LogP contribution in [-0.2, 0) is 14.4 Å². The van der Waals surface area contributed by atoms with Gasteiger partial charge in [0.1, 0.15) is 0 Å². The van der Waals surface area contributed by atoms with Gasteiger partial charge in [-0.3, -0.25) is 14.4 Å². The van der Waals surface area contributed by atoms with Gasteiger partial charge in [0.2, 0.25) is 17.5 Å². The average molecular weight is 197 g/mol. The average Bonchev–Trinajstić information content (AvgIpc) is 2.50. The summed E-state index contributed by atoms with van der Waals surface area (Å²) in [6.07, 6.45) is 1.30. The molecule has 1 fully saturated rings. The zero-order chi connectivity index (χ0) is 10.7. The van der Waals surface area contributed by atoms with Gasteiger partial charge in [-0.2, -0.15) is 0 Å². The fourth-order valence-corrected chi connectivity index (χ4v) is 1.44. The Hall–Kier alpha value is -1.19. The fraction of sp³-hybridized carbons (Fsp3) is 0.700. The van der Waals surface area contributed by atoms with Gasteiger partial charge in [0.25, 0.3) is 0 Å². The van der Waals surface area contributed by atoms with E-state index in [1.807, 2.05) is 0 Å². The molecule has 0 atom stereocenters. The number of rotatable bonds is 4. The molecule has 0 bridgehead atoms. The summed E-state index contributed by atoms with van der Waals surface area (Å²) < 4.78 is 0. The van der Waals surface area contributed by atoms with Crippen molar-refractivity contribution in [3.8, 4) is 0 Å². The molecule has 1 aliphatic rings. The van der Waals surface area contributed by atoms with Crippen molar-refractivity contribution in [2.75, 3.05) is 13.1 Å². The number of amides is 1. The van der Waals surface area contributed by atoms with E-state index in [0.29, 0.717) is 13.0 Å². The van der Waals surface area contributed by atoms with E-state index in [-0.39, 0.29) is 24.2 Å². The van der Waals surface area contributed by atoms with E-state index in [1.54, 1.807) is 13.8 Å². The maximum absolute atomic E-state index is 11.3. The predicted molar refractivity (Wildman–Crippen MR) is 50.7 cm³/mol. The second-order valence-corrected chi connectivity index (χ2v) is 3.86. The summed E-state index contributed by atoms with van der Waals surface area (Å²) in [5, 5.41) is 0. The third-order valence-electron chi connectivity index (χ3n) is 2.31. The number of ketones is 2. The van der Waals surface area contributed by atoms with Gasteiger partial charge in [0.05, 0.1) is 6.54 Å². The molecule has 4 heteroatoms. The van der Waals surface area contributed by atoms with Crippen LogP contribution in [0.1, 0.15) is 26.7 Å². The van der Waals surface area contributed by atoms with Gasteiger partial charge < -0.3 is 4.90 Å². The maximum atomic E-state index is 11.3. The van der Waals surface area contributed by atoms with Crippen molar-refractivity contribution in [3.63, 3.8) is 0 Å². The number of hydrogen-bond donors (Lipinski definition) is 0. The van der Waals surface area contributed by atoms with Crippen molar-refractivity contribution in [2.24, 2.45) is 5.92 Å². The van der Waals surface area contributed by atoms with E-state index in [2.05, 4.69) is 0 Å². The van der Waals surface area contributed by atoms with Crippen molar-refractivity contribution in [1.29, 1.82) is 0 Å². The molecule has 1 rings (SSSR count). The number of Topliss-reactive ketones (excluding diaryl/α,β-unsaturated/α-hetero) is 2. The first-order valence-corrected chi connectivity index (χ1v) is 4.87. The minimum Gasteiger partial charge on any atom is -0.335 e. The molecule has 1 amide bonds. The van der Waals surface area contributed by atoms with Crippen molar-refractivity contribution in [1.82, 2.24) is 4.90 Å². The molecule has 0 aliphatic carbocycles. The Balaban J connectivity index is 2.48. The van der Waals surface area contributed by atoms with Gasteiger partial charge >= 0.3 is 0 Å². The lowest BCUT2D eigenvalue weighted by atomic mass is 10.1. The van der Waals surface area contributed by atoms with Crippen LogP contribution in [0.15, 0.2) is 0 Å². The van der Waals surface area contributed by atoms with E-state index in [9.17, 15) is 14.4 Å². The predicted octanol–water partition coefficient (Wildman–Crippen LogP) is 0.403. The van der Waals surface area contributed by atoms with Gasteiger partial charge in [-0.25, -0.2) is 0 Å². The minimum atomic E-state index is -0.449. The standard InChI is InChI=1S/C10H15NO3/c1-7(2)10(14)8(12)6-11-5-3-4-9(11)13/h7H,3-6H2,1-2H3. The first-order valence-electron chi connectivity index (χ1n) is 4.87. The highest BCUT2D eigenvalue weighted by atomic mass is 16.2. The van der Waals surface area contributed by atoms with Crippen molar-refractivity contribution in [3.05, 3.63) is 0 Å². The summed E-state index contributed by atoms with van der Waals surface area (Å²) in [5.41, 5.74) is 0. The maximum Gasteiger partial charge on any atom is 0.223 e. The zero-order valence-electron chi connectivity index (χ0n) is 8.58. The molecule has 78 valence electrons. The van der Waals surface area contributed by atoms with Gasteiger partial charge in [-0.15, -0.1) is 0 Å². The number of carbonyl (C=O) groups excluding carboxylic acids is 3. The minimum absolute atomic E-state index is 0.0186. The van der Waals surface area contributed by atoms with Crippen molar-refractivity contribution in [2.45, 2.75) is 26.7 Å². The highest BCUT2D eigenvalue weighted by molar-refractivity contribution is 6.38. The van der Waals surface area contributed by atoms with Crippen LogP contribution < -0.4 is 0 Å². The van der Waals surface area contributed by atoms with Crippen LogP contribution in [0.4, 0.5) is 0 Å². The molecule has 4 nitrogen and oxygen atoms in total. The molecular weight excluding hydrogens is 182 g/mol. The SMILES string of the molecule is CC(C)C(=O)C(=O)CN1CCCC1=O. The molecule has 0 aromatic rings. The second-order valence-electron chi connectivity index (χ2n) is 3.86. The van der Waals surface area contributed by atoms with Gasteiger partial charge in [-0.1, -0.05) is 13.8 Å². The summed E-state index contributed by atoms with van der Waals surface area (Å²) >= 11 is 0. The molecule has 14 heavy (non-hydrogen) atoms. The lowest BCUT2D eigenvalue weighted by Gasteiger charge is -2.14. The molecule has 0 spiro atoms. The fourth-order valence-electron chi connectivity index (χ4n) is 1.44. The monoisotopic (exact) mass is 197 g/mol. The summed E-state index contributed by atoms with van der Waals surface area (Å²) in [6.45, 7) is 3.95. The summed E-state index contributed by atoms with van der Waals surface area (Å²) in [7, 11) is 0. The van der Waals surface area contributed by atoms with Crippen LogP contribution in [0.3, 0.4) is 0 Å². The van der Waals surface area contributed by atoms with E-state index in [1.165, 1.54) is 4.90 Å². The Morgan fingerprint density at radius 3 is 2.50 bits per heavy atom. The van der Waals surface area contributed by atoms with E-state index in [0.717, 1.165) is 6.42 Å². The van der Waals surface area contributed by atoms with Crippen molar-refractivity contribution >= 4 is 17.5 Å². The molecule has 1 aliphatic heterocycles. The second kappa shape index (κ2) is 4.35. The molecule has 0 radical (unpaired) electrons. The Morgan fingerprint density at radius 2 is 2.07 bits per heavy atom. The number of carbonyl (C=O) groups is 3. The Labute approximate surface area is 83.3 Å². The van der Waals surface area contributed by atoms with E-state index in [4.69, 9.17) is 0 Å². The van der Waals surface area contributed by atoms with Crippen LogP contribution >= 0.6 is 0 Å². The van der Waals surface area contributed by atoms with Crippen LogP contribution in [0.2, 0.25) is 0 Å². The van der Waals surface area contributed by atoms with Gasteiger partial charge in [0.15, 0.2) is 0 Å². The molecule has 0 aromatic heterocycles. The summed E-state index contributed by atoms with van der Waals surface area (Å²) in [4.78, 5) is 35.2. The van der Waals surface area contributed by atoms with Crippen LogP contribution in [0.5, 0.6) is 0 Å². The molecule has 0 N–H and O–H groups in total. The van der Waals surface area contributed by atoms with Gasteiger partial charge in [0, 0.05) is 18.9 Å². The van der Waals surface area contributed by atoms with Crippen molar-refractivity contribution < 1.29 is 14.4 Å².